The van der Waals surface area contributed by atoms with E-state index in [0.29, 0.717) is 48.9 Å². The molecule has 2 aromatic carbocycles. The topological polar surface area (TPSA) is 86.1 Å². The SMILES string of the molecule is O=c1cc(N2CCOCC2)oc2cc(OCCS(=O)(=O)c3ccccc3)ccc12. The van der Waals surface area contributed by atoms with Gasteiger partial charge in [0.25, 0.3) is 0 Å². The average Bonchev–Trinajstić information content (AvgIpc) is 2.74. The van der Waals surface area contributed by atoms with Crippen LogP contribution in [-0.2, 0) is 14.6 Å². The number of rotatable bonds is 6. The van der Waals surface area contributed by atoms with Crippen LogP contribution in [-0.4, -0.2) is 47.1 Å². The van der Waals surface area contributed by atoms with E-state index in [1.165, 1.54) is 6.07 Å². The zero-order chi connectivity index (χ0) is 20.3. The van der Waals surface area contributed by atoms with Crippen molar-refractivity contribution in [2.24, 2.45) is 0 Å². The molecule has 0 atom stereocenters. The molecule has 7 nitrogen and oxygen atoms in total. The third-order valence-electron chi connectivity index (χ3n) is 4.73. The standard InChI is InChI=1S/C21H21NO6S/c23-19-15-21(22-8-10-26-11-9-22)28-20-14-16(6-7-18(19)20)27-12-13-29(24,25)17-4-2-1-3-5-17/h1-7,14-15H,8-13H2. The third-order valence-corrected chi connectivity index (χ3v) is 6.43. The minimum Gasteiger partial charge on any atom is -0.492 e. The van der Waals surface area contributed by atoms with Gasteiger partial charge < -0.3 is 18.8 Å². The van der Waals surface area contributed by atoms with E-state index in [-0.39, 0.29) is 22.7 Å². The summed E-state index contributed by atoms with van der Waals surface area (Å²) in [5, 5.41) is 0.450. The molecule has 4 rings (SSSR count). The van der Waals surface area contributed by atoms with Crippen molar-refractivity contribution in [1.82, 2.24) is 0 Å². The minimum absolute atomic E-state index is 0.00385. The van der Waals surface area contributed by atoms with Gasteiger partial charge in [-0.2, -0.15) is 0 Å². The van der Waals surface area contributed by atoms with Gasteiger partial charge >= 0.3 is 0 Å². The molecule has 0 unspecified atom stereocenters. The summed E-state index contributed by atoms with van der Waals surface area (Å²) in [5.41, 5.74) is 0.272. The fourth-order valence-corrected chi connectivity index (χ4v) is 4.28. The lowest BCUT2D eigenvalue weighted by Gasteiger charge is -2.27. The van der Waals surface area contributed by atoms with E-state index in [1.54, 1.807) is 48.5 Å². The molecular weight excluding hydrogens is 394 g/mol. The molecule has 29 heavy (non-hydrogen) atoms. The summed E-state index contributed by atoms with van der Waals surface area (Å²) in [5.74, 6) is 0.796. The number of morpholine rings is 1. The Morgan fingerprint density at radius 1 is 1.00 bits per heavy atom. The molecule has 2 heterocycles. The molecule has 0 amide bonds. The molecule has 1 aromatic heterocycles. The maximum Gasteiger partial charge on any atom is 0.200 e. The van der Waals surface area contributed by atoms with Gasteiger partial charge in [-0.3, -0.25) is 4.79 Å². The van der Waals surface area contributed by atoms with E-state index in [9.17, 15) is 13.2 Å². The van der Waals surface area contributed by atoms with Crippen LogP contribution in [0.15, 0.2) is 68.7 Å². The van der Waals surface area contributed by atoms with Gasteiger partial charge in [0.05, 0.1) is 29.2 Å². The number of anilines is 1. The Kier molecular flexibility index (Phi) is 5.55. The fourth-order valence-electron chi connectivity index (χ4n) is 3.17. The van der Waals surface area contributed by atoms with Crippen LogP contribution in [0.4, 0.5) is 5.88 Å². The van der Waals surface area contributed by atoms with Crippen LogP contribution in [0.25, 0.3) is 11.0 Å². The quantitative estimate of drug-likeness (QED) is 0.611. The van der Waals surface area contributed by atoms with Crippen LogP contribution in [0.2, 0.25) is 0 Å². The van der Waals surface area contributed by atoms with Crippen molar-refractivity contribution in [3.8, 4) is 5.75 Å². The van der Waals surface area contributed by atoms with Crippen molar-refractivity contribution in [1.29, 1.82) is 0 Å². The molecule has 0 N–H and O–H groups in total. The lowest BCUT2D eigenvalue weighted by molar-refractivity contribution is 0.121. The summed E-state index contributed by atoms with van der Waals surface area (Å²) in [7, 11) is -3.42. The van der Waals surface area contributed by atoms with E-state index in [0.717, 1.165) is 0 Å². The zero-order valence-corrected chi connectivity index (χ0v) is 16.6. The molecule has 0 bridgehead atoms. The lowest BCUT2D eigenvalue weighted by atomic mass is 10.2. The first kappa shape index (κ1) is 19.5. The molecule has 1 fully saturated rings. The predicted octanol–water partition coefficient (Wildman–Crippen LogP) is 2.48. The highest BCUT2D eigenvalue weighted by Gasteiger charge is 2.16. The normalized spacial score (nSPS) is 14.8. The van der Waals surface area contributed by atoms with Crippen LogP contribution in [0.5, 0.6) is 5.75 Å². The molecular formula is C21H21NO6S. The molecule has 1 aliphatic heterocycles. The number of sulfone groups is 1. The van der Waals surface area contributed by atoms with Crippen molar-refractivity contribution in [3.05, 3.63) is 64.8 Å². The Balaban J connectivity index is 1.50. The summed E-state index contributed by atoms with van der Waals surface area (Å²) in [6, 6.07) is 14.6. The van der Waals surface area contributed by atoms with Crippen molar-refractivity contribution < 1.29 is 22.3 Å². The predicted molar refractivity (Wildman–Crippen MR) is 110 cm³/mol. The van der Waals surface area contributed by atoms with Gasteiger partial charge in [-0.1, -0.05) is 18.2 Å². The highest BCUT2D eigenvalue weighted by Crippen LogP contribution is 2.24. The minimum atomic E-state index is -3.42. The first-order chi connectivity index (χ1) is 14.0. The Hall–Kier alpha value is -2.84. The molecule has 0 spiro atoms. The van der Waals surface area contributed by atoms with Gasteiger partial charge in [-0.15, -0.1) is 0 Å². The maximum absolute atomic E-state index is 12.4. The lowest BCUT2D eigenvalue weighted by Crippen LogP contribution is -2.36. The number of ether oxygens (including phenoxy) is 2. The van der Waals surface area contributed by atoms with Crippen LogP contribution >= 0.6 is 0 Å². The summed E-state index contributed by atoms with van der Waals surface area (Å²) in [6.07, 6.45) is 0. The average molecular weight is 415 g/mol. The Bertz CT molecular complexity index is 1150. The van der Waals surface area contributed by atoms with Crippen molar-refractivity contribution in [2.45, 2.75) is 4.90 Å². The Morgan fingerprint density at radius 3 is 2.52 bits per heavy atom. The smallest absolute Gasteiger partial charge is 0.200 e. The first-order valence-corrected chi connectivity index (χ1v) is 11.0. The fraction of sp³-hybridized carbons (Fsp3) is 0.286. The van der Waals surface area contributed by atoms with E-state index in [1.807, 2.05) is 4.90 Å². The molecule has 3 aromatic rings. The maximum atomic E-state index is 12.4. The second-order valence-electron chi connectivity index (χ2n) is 6.69. The molecule has 1 saturated heterocycles. The van der Waals surface area contributed by atoms with Gasteiger partial charge in [0, 0.05) is 25.2 Å². The molecule has 1 aliphatic rings. The molecule has 152 valence electrons. The summed E-state index contributed by atoms with van der Waals surface area (Å²) in [4.78, 5) is 14.6. The molecule has 0 aliphatic carbocycles. The highest BCUT2D eigenvalue weighted by atomic mass is 32.2. The van der Waals surface area contributed by atoms with Gasteiger partial charge in [0.15, 0.2) is 21.2 Å². The Morgan fingerprint density at radius 2 is 1.76 bits per heavy atom. The van der Waals surface area contributed by atoms with Crippen LogP contribution in [0.1, 0.15) is 0 Å². The summed E-state index contributed by atoms with van der Waals surface area (Å²) in [6.45, 7) is 2.47. The van der Waals surface area contributed by atoms with Crippen molar-refractivity contribution >= 4 is 26.7 Å². The number of hydrogen-bond donors (Lipinski definition) is 0. The zero-order valence-electron chi connectivity index (χ0n) is 15.7. The first-order valence-electron chi connectivity index (χ1n) is 9.34. The van der Waals surface area contributed by atoms with Gasteiger partial charge in [-0.25, -0.2) is 8.42 Å². The van der Waals surface area contributed by atoms with Gasteiger partial charge in [-0.05, 0) is 24.3 Å². The van der Waals surface area contributed by atoms with Crippen molar-refractivity contribution in [3.63, 3.8) is 0 Å². The van der Waals surface area contributed by atoms with Crippen LogP contribution in [0.3, 0.4) is 0 Å². The molecule has 8 heteroatoms. The second-order valence-corrected chi connectivity index (χ2v) is 8.80. The van der Waals surface area contributed by atoms with E-state index in [2.05, 4.69) is 0 Å². The molecule has 0 saturated carbocycles. The van der Waals surface area contributed by atoms with Crippen LogP contribution < -0.4 is 15.1 Å². The monoisotopic (exact) mass is 415 g/mol. The number of nitrogens with zero attached hydrogens (tertiary/aromatic N) is 1. The van der Waals surface area contributed by atoms with Crippen LogP contribution in [0, 0.1) is 0 Å². The number of fused-ring (bicyclic) bond motifs is 1. The van der Waals surface area contributed by atoms with E-state index >= 15 is 0 Å². The van der Waals surface area contributed by atoms with Gasteiger partial charge in [0.2, 0.25) is 0 Å². The molecule has 0 radical (unpaired) electrons. The third kappa shape index (κ3) is 4.44. The highest BCUT2D eigenvalue weighted by molar-refractivity contribution is 7.91. The Labute approximate surface area is 168 Å². The van der Waals surface area contributed by atoms with E-state index in [4.69, 9.17) is 13.9 Å². The summed E-state index contributed by atoms with van der Waals surface area (Å²) >= 11 is 0. The van der Waals surface area contributed by atoms with Gasteiger partial charge in [0.1, 0.15) is 17.9 Å². The second kappa shape index (κ2) is 8.26. The number of hydrogen-bond acceptors (Lipinski definition) is 7. The van der Waals surface area contributed by atoms with E-state index < -0.39 is 9.84 Å². The largest absolute Gasteiger partial charge is 0.492 e. The number of benzene rings is 2. The van der Waals surface area contributed by atoms with Crippen molar-refractivity contribution in [2.75, 3.05) is 43.6 Å². The summed E-state index contributed by atoms with van der Waals surface area (Å²) < 4.78 is 41.6.